The van der Waals surface area contributed by atoms with E-state index in [-0.39, 0.29) is 5.91 Å². The molecule has 1 heterocycles. The Morgan fingerprint density at radius 2 is 2.17 bits per heavy atom. The zero-order valence-corrected chi connectivity index (χ0v) is 8.22. The van der Waals surface area contributed by atoms with Crippen LogP contribution in [0.2, 0.25) is 0 Å². The molecule has 1 saturated heterocycles. The second-order valence-corrected chi connectivity index (χ2v) is 3.32. The van der Waals surface area contributed by atoms with Crippen molar-refractivity contribution in [1.82, 2.24) is 4.90 Å². The van der Waals surface area contributed by atoms with Gasteiger partial charge in [0.2, 0.25) is 5.91 Å². The fourth-order valence-electron chi connectivity index (χ4n) is 1.39. The van der Waals surface area contributed by atoms with Gasteiger partial charge in [-0.1, -0.05) is 0 Å². The van der Waals surface area contributed by atoms with Crippen molar-refractivity contribution in [3.05, 3.63) is 0 Å². The lowest BCUT2D eigenvalue weighted by atomic mass is 10.1. The van der Waals surface area contributed by atoms with Gasteiger partial charge in [-0.15, -0.1) is 0 Å². The Labute approximate surface area is 78.5 Å². The molecule has 12 heavy (non-hydrogen) atoms. The molecule has 0 aromatic heterocycles. The van der Waals surface area contributed by atoms with Crippen LogP contribution in [-0.4, -0.2) is 42.9 Å². The number of carbonyl (C=O) groups is 1. The van der Waals surface area contributed by atoms with Crippen molar-refractivity contribution >= 4 is 18.5 Å². The molecular weight excluding hydrogens is 174 g/mol. The first-order valence-electron chi connectivity index (χ1n) is 4.20. The topological polar surface area (TPSA) is 29.5 Å². The summed E-state index contributed by atoms with van der Waals surface area (Å²) in [6.07, 6.45) is 1.91. The van der Waals surface area contributed by atoms with E-state index in [1.807, 2.05) is 7.05 Å². The van der Waals surface area contributed by atoms with E-state index in [9.17, 15) is 4.79 Å². The molecule has 0 aromatic rings. The van der Waals surface area contributed by atoms with Crippen LogP contribution in [0.25, 0.3) is 0 Å². The molecule has 0 spiro atoms. The second kappa shape index (κ2) is 4.72. The molecule has 4 heteroatoms. The van der Waals surface area contributed by atoms with Crippen LogP contribution in [0, 0.1) is 0 Å². The first kappa shape index (κ1) is 9.86. The largest absolute Gasteiger partial charge is 0.381 e. The van der Waals surface area contributed by atoms with Crippen LogP contribution in [0.5, 0.6) is 0 Å². The number of thiol groups is 1. The highest BCUT2D eigenvalue weighted by Crippen LogP contribution is 2.12. The minimum Gasteiger partial charge on any atom is -0.381 e. The summed E-state index contributed by atoms with van der Waals surface area (Å²) < 4.78 is 5.21. The lowest BCUT2D eigenvalue weighted by Gasteiger charge is -2.30. The Hall–Kier alpha value is -0.220. The number of amides is 1. The fraction of sp³-hybridized carbons (Fsp3) is 0.875. The van der Waals surface area contributed by atoms with Gasteiger partial charge in [-0.25, -0.2) is 0 Å². The van der Waals surface area contributed by atoms with E-state index >= 15 is 0 Å². The predicted octanol–water partition coefficient (Wildman–Crippen LogP) is 0.554. The van der Waals surface area contributed by atoms with Crippen molar-refractivity contribution < 1.29 is 9.53 Å². The summed E-state index contributed by atoms with van der Waals surface area (Å²) >= 11 is 3.95. The van der Waals surface area contributed by atoms with Gasteiger partial charge in [-0.05, 0) is 12.8 Å². The Morgan fingerprint density at radius 1 is 1.58 bits per heavy atom. The second-order valence-electron chi connectivity index (χ2n) is 3.01. The fourth-order valence-corrected chi connectivity index (χ4v) is 1.61. The highest BCUT2D eigenvalue weighted by molar-refractivity contribution is 7.81. The average Bonchev–Trinajstić information content (AvgIpc) is 2.17. The van der Waals surface area contributed by atoms with Crippen LogP contribution >= 0.6 is 12.6 Å². The summed E-state index contributed by atoms with van der Waals surface area (Å²) in [7, 11) is 1.84. The number of hydrogen-bond acceptors (Lipinski definition) is 3. The molecule has 1 aliphatic heterocycles. The summed E-state index contributed by atoms with van der Waals surface area (Å²) in [5, 5.41) is 0. The van der Waals surface area contributed by atoms with Gasteiger partial charge in [0, 0.05) is 26.3 Å². The lowest BCUT2D eigenvalue weighted by Crippen LogP contribution is -2.41. The molecule has 3 nitrogen and oxygen atoms in total. The van der Waals surface area contributed by atoms with Gasteiger partial charge in [-0.2, -0.15) is 12.6 Å². The summed E-state index contributed by atoms with van der Waals surface area (Å²) in [6, 6.07) is 0.360. The molecule has 1 amide bonds. The molecule has 0 saturated carbocycles. The van der Waals surface area contributed by atoms with Gasteiger partial charge in [0.1, 0.15) is 0 Å². The molecule has 70 valence electrons. The first-order chi connectivity index (χ1) is 5.75. The van der Waals surface area contributed by atoms with Gasteiger partial charge in [0.25, 0.3) is 0 Å². The first-order valence-corrected chi connectivity index (χ1v) is 4.83. The molecule has 1 rings (SSSR count). The summed E-state index contributed by atoms with van der Waals surface area (Å²) in [5.74, 6) is 0.402. The van der Waals surface area contributed by atoms with Crippen molar-refractivity contribution in [1.29, 1.82) is 0 Å². The number of ether oxygens (including phenoxy) is 1. The van der Waals surface area contributed by atoms with Crippen molar-refractivity contribution in [2.45, 2.75) is 18.9 Å². The van der Waals surface area contributed by atoms with Crippen molar-refractivity contribution in [2.75, 3.05) is 26.0 Å². The lowest BCUT2D eigenvalue weighted by molar-refractivity contribution is -0.130. The molecule has 0 N–H and O–H groups in total. The molecule has 0 bridgehead atoms. The Balaban J connectivity index is 2.39. The van der Waals surface area contributed by atoms with E-state index in [1.54, 1.807) is 4.90 Å². The van der Waals surface area contributed by atoms with E-state index in [0.29, 0.717) is 11.8 Å². The molecule has 0 aliphatic carbocycles. The molecule has 0 aromatic carbocycles. The van der Waals surface area contributed by atoms with Crippen LogP contribution in [0.4, 0.5) is 0 Å². The third kappa shape index (κ3) is 2.38. The number of hydrogen-bond donors (Lipinski definition) is 1. The van der Waals surface area contributed by atoms with E-state index in [1.165, 1.54) is 0 Å². The highest BCUT2D eigenvalue weighted by atomic mass is 32.1. The molecule has 1 fully saturated rings. The Bertz CT molecular complexity index is 157. The maximum Gasteiger partial charge on any atom is 0.232 e. The highest BCUT2D eigenvalue weighted by Gasteiger charge is 2.20. The summed E-state index contributed by atoms with van der Waals surface area (Å²) in [4.78, 5) is 13.0. The minimum absolute atomic E-state index is 0.102. The molecule has 0 unspecified atom stereocenters. The number of nitrogens with zero attached hydrogens (tertiary/aromatic N) is 1. The van der Waals surface area contributed by atoms with Gasteiger partial charge >= 0.3 is 0 Å². The van der Waals surface area contributed by atoms with E-state index in [0.717, 1.165) is 26.1 Å². The molecule has 0 atom stereocenters. The molecule has 1 aliphatic rings. The minimum atomic E-state index is 0.102. The summed E-state index contributed by atoms with van der Waals surface area (Å²) in [5.41, 5.74) is 0. The van der Waals surface area contributed by atoms with Gasteiger partial charge in [-0.3, -0.25) is 4.79 Å². The molecule has 0 radical (unpaired) electrons. The van der Waals surface area contributed by atoms with Crippen molar-refractivity contribution in [3.8, 4) is 0 Å². The van der Waals surface area contributed by atoms with Crippen LogP contribution < -0.4 is 0 Å². The van der Waals surface area contributed by atoms with Crippen LogP contribution in [0.1, 0.15) is 12.8 Å². The Morgan fingerprint density at radius 3 is 2.67 bits per heavy atom. The van der Waals surface area contributed by atoms with Gasteiger partial charge < -0.3 is 9.64 Å². The zero-order valence-electron chi connectivity index (χ0n) is 7.32. The van der Waals surface area contributed by atoms with Crippen molar-refractivity contribution in [2.24, 2.45) is 0 Å². The number of rotatable bonds is 2. The normalized spacial score (nSPS) is 19.2. The van der Waals surface area contributed by atoms with Crippen LogP contribution in [0.15, 0.2) is 0 Å². The Kier molecular flexibility index (Phi) is 3.88. The monoisotopic (exact) mass is 189 g/mol. The standard InChI is InChI=1S/C8H15NO2S/c1-9(8(10)6-12)7-2-4-11-5-3-7/h7,12H,2-6H2,1H3. The quantitative estimate of drug-likeness (QED) is 0.643. The maximum atomic E-state index is 11.2. The molecular formula is C8H15NO2S. The third-order valence-electron chi connectivity index (χ3n) is 2.27. The van der Waals surface area contributed by atoms with Crippen LogP contribution in [0.3, 0.4) is 0 Å². The van der Waals surface area contributed by atoms with E-state index in [4.69, 9.17) is 4.74 Å². The van der Waals surface area contributed by atoms with E-state index < -0.39 is 0 Å². The average molecular weight is 189 g/mol. The number of carbonyl (C=O) groups excluding carboxylic acids is 1. The van der Waals surface area contributed by atoms with E-state index in [2.05, 4.69) is 12.6 Å². The zero-order chi connectivity index (χ0) is 8.97. The van der Waals surface area contributed by atoms with Crippen LogP contribution in [-0.2, 0) is 9.53 Å². The smallest absolute Gasteiger partial charge is 0.232 e. The predicted molar refractivity (Wildman–Crippen MR) is 50.5 cm³/mol. The summed E-state index contributed by atoms with van der Waals surface area (Å²) in [6.45, 7) is 1.55. The van der Waals surface area contributed by atoms with Crippen molar-refractivity contribution in [3.63, 3.8) is 0 Å². The van der Waals surface area contributed by atoms with Gasteiger partial charge in [0.05, 0.1) is 5.75 Å². The van der Waals surface area contributed by atoms with Gasteiger partial charge in [0.15, 0.2) is 0 Å². The SMILES string of the molecule is CN(C(=O)CS)C1CCOCC1. The third-order valence-corrected chi connectivity index (χ3v) is 2.54. The maximum absolute atomic E-state index is 11.2.